The quantitative estimate of drug-likeness (QED) is 0.481. The fraction of sp³-hybridized carbons (Fsp3) is 0.786. The Labute approximate surface area is 105 Å². The summed E-state index contributed by atoms with van der Waals surface area (Å²) in [5.74, 6) is -0.176. The second-order valence-electron chi connectivity index (χ2n) is 4.96. The second-order valence-corrected chi connectivity index (χ2v) is 4.96. The van der Waals surface area contributed by atoms with Gasteiger partial charge in [-0.15, -0.1) is 6.58 Å². The molecule has 2 atom stereocenters. The number of unbranched alkanes of at least 4 members (excludes halogenated alkanes) is 2. The van der Waals surface area contributed by atoms with Crippen molar-refractivity contribution in [1.29, 1.82) is 0 Å². The summed E-state index contributed by atoms with van der Waals surface area (Å²) < 4.78 is 0. The maximum absolute atomic E-state index is 11.8. The van der Waals surface area contributed by atoms with E-state index in [1.807, 2.05) is 13.8 Å². The summed E-state index contributed by atoms with van der Waals surface area (Å²) in [5, 5.41) is 12.8. The number of aliphatic hydroxyl groups is 1. The first kappa shape index (κ1) is 16.2. The summed E-state index contributed by atoms with van der Waals surface area (Å²) in [6, 6.07) is 0. The van der Waals surface area contributed by atoms with Crippen molar-refractivity contribution in [3.8, 4) is 0 Å². The number of nitrogens with one attached hydrogen (secondary N) is 1. The molecule has 0 aromatic rings. The number of carbonyl (C=O) groups excluding carboxylic acids is 1. The van der Waals surface area contributed by atoms with Gasteiger partial charge in [0.15, 0.2) is 0 Å². The van der Waals surface area contributed by atoms with Gasteiger partial charge in [0.05, 0.1) is 12.0 Å². The van der Waals surface area contributed by atoms with Crippen molar-refractivity contribution in [3.05, 3.63) is 12.7 Å². The third-order valence-electron chi connectivity index (χ3n) is 2.76. The van der Waals surface area contributed by atoms with Crippen molar-refractivity contribution < 1.29 is 9.90 Å². The van der Waals surface area contributed by atoms with Crippen molar-refractivity contribution in [3.63, 3.8) is 0 Å². The Morgan fingerprint density at radius 2 is 2.06 bits per heavy atom. The summed E-state index contributed by atoms with van der Waals surface area (Å²) >= 11 is 0. The Hall–Kier alpha value is -0.830. The first-order chi connectivity index (χ1) is 8.02. The summed E-state index contributed by atoms with van der Waals surface area (Å²) in [4.78, 5) is 11.8. The van der Waals surface area contributed by atoms with Crippen molar-refractivity contribution in [2.45, 2.75) is 52.6 Å². The van der Waals surface area contributed by atoms with Crippen molar-refractivity contribution in [1.82, 2.24) is 5.32 Å². The lowest BCUT2D eigenvalue weighted by atomic mass is 9.96. The number of amides is 1. The van der Waals surface area contributed by atoms with Crippen LogP contribution in [0.3, 0.4) is 0 Å². The topological polar surface area (TPSA) is 49.3 Å². The molecular formula is C14H27NO2. The van der Waals surface area contributed by atoms with Crippen molar-refractivity contribution in [2.75, 3.05) is 6.54 Å². The molecular weight excluding hydrogens is 214 g/mol. The van der Waals surface area contributed by atoms with Gasteiger partial charge in [0, 0.05) is 6.54 Å². The molecule has 0 aliphatic carbocycles. The fourth-order valence-corrected chi connectivity index (χ4v) is 1.64. The highest BCUT2D eigenvalue weighted by Gasteiger charge is 2.23. The van der Waals surface area contributed by atoms with Gasteiger partial charge in [0.2, 0.25) is 5.91 Å². The van der Waals surface area contributed by atoms with E-state index in [9.17, 15) is 9.90 Å². The van der Waals surface area contributed by atoms with Crippen LogP contribution < -0.4 is 5.32 Å². The minimum atomic E-state index is -0.605. The molecule has 0 aliphatic heterocycles. The minimum absolute atomic E-state index is 0.113. The molecule has 0 radical (unpaired) electrons. The van der Waals surface area contributed by atoms with Crippen LogP contribution in [0.2, 0.25) is 0 Å². The number of aliphatic hydroxyl groups excluding tert-OH is 1. The highest BCUT2D eigenvalue weighted by atomic mass is 16.3. The highest BCUT2D eigenvalue weighted by molar-refractivity contribution is 5.80. The minimum Gasteiger partial charge on any atom is -0.392 e. The predicted octanol–water partition coefficient (Wildman–Crippen LogP) is 2.50. The zero-order valence-corrected chi connectivity index (χ0v) is 11.4. The summed E-state index contributed by atoms with van der Waals surface area (Å²) in [7, 11) is 0. The van der Waals surface area contributed by atoms with Crippen LogP contribution in [0.5, 0.6) is 0 Å². The largest absolute Gasteiger partial charge is 0.392 e. The molecule has 3 heteroatoms. The maximum atomic E-state index is 11.8. The lowest BCUT2D eigenvalue weighted by Crippen LogP contribution is -2.38. The smallest absolute Gasteiger partial charge is 0.229 e. The SMILES string of the molecule is C=CC(C(=O)NCC(C)C)C(O)CCCCC. The molecule has 2 N–H and O–H groups in total. The van der Waals surface area contributed by atoms with Gasteiger partial charge in [-0.3, -0.25) is 4.79 Å². The molecule has 100 valence electrons. The van der Waals surface area contributed by atoms with Crippen LogP contribution in [0.4, 0.5) is 0 Å². The molecule has 17 heavy (non-hydrogen) atoms. The Morgan fingerprint density at radius 3 is 2.53 bits per heavy atom. The zero-order valence-electron chi connectivity index (χ0n) is 11.4. The third-order valence-corrected chi connectivity index (χ3v) is 2.76. The van der Waals surface area contributed by atoms with Gasteiger partial charge in [-0.25, -0.2) is 0 Å². The van der Waals surface area contributed by atoms with Gasteiger partial charge in [-0.2, -0.15) is 0 Å². The molecule has 0 saturated carbocycles. The molecule has 3 nitrogen and oxygen atoms in total. The van der Waals surface area contributed by atoms with Gasteiger partial charge in [-0.05, 0) is 12.3 Å². The van der Waals surface area contributed by atoms with E-state index in [1.165, 1.54) is 0 Å². The first-order valence-corrected chi connectivity index (χ1v) is 6.61. The van der Waals surface area contributed by atoms with Crippen LogP contribution in [-0.2, 0) is 4.79 Å². The molecule has 0 rings (SSSR count). The molecule has 0 bridgehead atoms. The summed E-state index contributed by atoms with van der Waals surface area (Å²) in [6.45, 7) is 10.5. The van der Waals surface area contributed by atoms with Gasteiger partial charge in [0.25, 0.3) is 0 Å². The predicted molar refractivity (Wildman–Crippen MR) is 71.7 cm³/mol. The molecule has 1 amide bonds. The van der Waals surface area contributed by atoms with Gasteiger partial charge < -0.3 is 10.4 Å². The Bertz CT molecular complexity index is 226. The Balaban J connectivity index is 4.10. The van der Waals surface area contributed by atoms with Crippen LogP contribution in [0.15, 0.2) is 12.7 Å². The average molecular weight is 241 g/mol. The number of hydrogen-bond acceptors (Lipinski definition) is 2. The van der Waals surface area contributed by atoms with Gasteiger partial charge >= 0.3 is 0 Å². The normalized spacial score (nSPS) is 14.4. The van der Waals surface area contributed by atoms with Crippen LogP contribution in [0.25, 0.3) is 0 Å². The summed E-state index contributed by atoms with van der Waals surface area (Å²) in [6.07, 6.45) is 4.77. The van der Waals surface area contributed by atoms with Crippen LogP contribution in [0.1, 0.15) is 46.5 Å². The van der Waals surface area contributed by atoms with E-state index >= 15 is 0 Å². The fourth-order valence-electron chi connectivity index (χ4n) is 1.64. The van der Waals surface area contributed by atoms with Crippen molar-refractivity contribution >= 4 is 5.91 Å². The van der Waals surface area contributed by atoms with E-state index < -0.39 is 12.0 Å². The molecule has 0 saturated heterocycles. The van der Waals surface area contributed by atoms with Crippen LogP contribution in [-0.4, -0.2) is 23.7 Å². The van der Waals surface area contributed by atoms with E-state index in [-0.39, 0.29) is 5.91 Å². The standard InChI is InChI=1S/C14H27NO2/c1-5-7-8-9-13(16)12(6-2)14(17)15-10-11(3)4/h6,11-13,16H,2,5,7-10H2,1,3-4H3,(H,15,17). The number of rotatable bonds is 9. The molecule has 0 spiro atoms. The molecule has 0 aromatic heterocycles. The molecule has 2 unspecified atom stereocenters. The molecule has 0 aromatic carbocycles. The van der Waals surface area contributed by atoms with Crippen molar-refractivity contribution in [2.24, 2.45) is 11.8 Å². The Kier molecular flexibility index (Phi) is 8.78. The average Bonchev–Trinajstić information content (AvgIpc) is 2.27. The van der Waals surface area contributed by atoms with Gasteiger partial charge in [0.1, 0.15) is 0 Å². The van der Waals surface area contributed by atoms with E-state index in [1.54, 1.807) is 6.08 Å². The van der Waals surface area contributed by atoms with E-state index in [0.29, 0.717) is 18.9 Å². The lowest BCUT2D eigenvalue weighted by molar-refractivity contribution is -0.126. The van der Waals surface area contributed by atoms with E-state index in [0.717, 1.165) is 19.3 Å². The monoisotopic (exact) mass is 241 g/mol. The van der Waals surface area contributed by atoms with E-state index in [4.69, 9.17) is 0 Å². The highest BCUT2D eigenvalue weighted by Crippen LogP contribution is 2.13. The van der Waals surface area contributed by atoms with Crippen LogP contribution in [0, 0.1) is 11.8 Å². The lowest BCUT2D eigenvalue weighted by Gasteiger charge is -2.19. The van der Waals surface area contributed by atoms with Gasteiger partial charge in [-0.1, -0.05) is 46.1 Å². The number of carbonyl (C=O) groups is 1. The molecule has 0 aliphatic rings. The maximum Gasteiger partial charge on any atom is 0.229 e. The molecule has 0 heterocycles. The second kappa shape index (κ2) is 9.23. The number of hydrogen-bond donors (Lipinski definition) is 2. The van der Waals surface area contributed by atoms with Crippen LogP contribution >= 0.6 is 0 Å². The summed E-state index contributed by atoms with van der Waals surface area (Å²) in [5.41, 5.74) is 0. The zero-order chi connectivity index (χ0) is 13.3. The molecule has 0 fully saturated rings. The first-order valence-electron chi connectivity index (χ1n) is 6.61. The van der Waals surface area contributed by atoms with E-state index in [2.05, 4.69) is 18.8 Å². The Morgan fingerprint density at radius 1 is 1.41 bits per heavy atom. The third kappa shape index (κ3) is 7.16.